The Morgan fingerprint density at radius 1 is 1.38 bits per heavy atom. The first-order chi connectivity index (χ1) is 7.59. The number of benzene rings is 1. The number of carboxylic acid groups (broad SMARTS) is 1. The van der Waals surface area contributed by atoms with Gasteiger partial charge in [-0.05, 0) is 31.4 Å². The van der Waals surface area contributed by atoms with E-state index in [1.807, 2.05) is 6.07 Å². The number of anilines is 1. The molecule has 0 saturated heterocycles. The number of carbonyl (C=O) groups excluding carboxylic acids is 1. The van der Waals surface area contributed by atoms with Crippen molar-refractivity contribution < 1.29 is 14.7 Å². The van der Waals surface area contributed by atoms with Gasteiger partial charge in [0.25, 0.3) is 0 Å². The molecule has 0 spiro atoms. The summed E-state index contributed by atoms with van der Waals surface area (Å²) < 4.78 is 0. The molecule has 1 amide bonds. The molecule has 2 rings (SSSR count). The second-order valence-electron chi connectivity index (χ2n) is 3.94. The van der Waals surface area contributed by atoms with E-state index in [4.69, 9.17) is 5.11 Å². The molecule has 84 valence electrons. The van der Waals surface area contributed by atoms with Gasteiger partial charge >= 0.3 is 6.09 Å². The second-order valence-corrected chi connectivity index (χ2v) is 3.94. The van der Waals surface area contributed by atoms with Crippen LogP contribution in [0.15, 0.2) is 18.2 Å². The number of nitrogens with zero attached hydrogens (tertiary/aromatic N) is 1. The monoisotopic (exact) mass is 219 g/mol. The summed E-state index contributed by atoms with van der Waals surface area (Å²) in [6, 6.07) is 5.28. The Morgan fingerprint density at radius 2 is 2.12 bits per heavy atom. The van der Waals surface area contributed by atoms with Crippen LogP contribution >= 0.6 is 0 Å². The number of hydrogen-bond donors (Lipinski definition) is 1. The summed E-state index contributed by atoms with van der Waals surface area (Å²) in [5.74, 6) is -0.0429. The minimum atomic E-state index is -0.957. The SMILES string of the molecule is CC(=O)c1ccc2c(c1)N(C(=O)O)CCC2. The number of carbonyl (C=O) groups is 2. The highest BCUT2D eigenvalue weighted by molar-refractivity contribution is 5.97. The molecule has 4 heteroatoms. The quantitative estimate of drug-likeness (QED) is 0.737. The Labute approximate surface area is 93.5 Å². The zero-order valence-electron chi connectivity index (χ0n) is 9.06. The van der Waals surface area contributed by atoms with E-state index in [2.05, 4.69) is 0 Å². The third-order valence-corrected chi connectivity index (χ3v) is 2.84. The van der Waals surface area contributed by atoms with Crippen LogP contribution in [0.3, 0.4) is 0 Å². The van der Waals surface area contributed by atoms with Crippen LogP contribution in [0.25, 0.3) is 0 Å². The molecule has 16 heavy (non-hydrogen) atoms. The molecule has 1 N–H and O–H groups in total. The van der Waals surface area contributed by atoms with Gasteiger partial charge in [-0.2, -0.15) is 0 Å². The first-order valence-electron chi connectivity index (χ1n) is 5.24. The van der Waals surface area contributed by atoms with Crippen LogP contribution in [0, 0.1) is 0 Å². The molecule has 1 aliphatic rings. The Balaban J connectivity index is 2.48. The lowest BCUT2D eigenvalue weighted by atomic mass is 9.99. The zero-order valence-corrected chi connectivity index (χ0v) is 9.06. The predicted molar refractivity (Wildman–Crippen MR) is 60.1 cm³/mol. The molecule has 0 aromatic heterocycles. The highest BCUT2D eigenvalue weighted by Gasteiger charge is 2.22. The van der Waals surface area contributed by atoms with Crippen molar-refractivity contribution in [1.29, 1.82) is 0 Å². The minimum Gasteiger partial charge on any atom is -0.465 e. The van der Waals surface area contributed by atoms with Gasteiger partial charge in [-0.15, -0.1) is 0 Å². The average Bonchev–Trinajstić information content (AvgIpc) is 2.27. The predicted octanol–water partition coefficient (Wildman–Crippen LogP) is 2.32. The Hall–Kier alpha value is -1.84. The van der Waals surface area contributed by atoms with Crippen molar-refractivity contribution in [2.75, 3.05) is 11.4 Å². The third-order valence-electron chi connectivity index (χ3n) is 2.84. The molecule has 0 radical (unpaired) electrons. The van der Waals surface area contributed by atoms with Crippen LogP contribution in [0.2, 0.25) is 0 Å². The van der Waals surface area contributed by atoms with Crippen LogP contribution in [0.5, 0.6) is 0 Å². The first kappa shape index (κ1) is 10.7. The summed E-state index contributed by atoms with van der Waals surface area (Å²) in [5.41, 5.74) is 2.22. The maximum Gasteiger partial charge on any atom is 0.411 e. The molecule has 1 aliphatic heterocycles. The molecular weight excluding hydrogens is 206 g/mol. The van der Waals surface area contributed by atoms with E-state index in [-0.39, 0.29) is 5.78 Å². The fourth-order valence-electron chi connectivity index (χ4n) is 1.99. The van der Waals surface area contributed by atoms with Crippen molar-refractivity contribution in [2.45, 2.75) is 19.8 Å². The van der Waals surface area contributed by atoms with E-state index in [0.29, 0.717) is 17.8 Å². The highest BCUT2D eigenvalue weighted by Crippen LogP contribution is 2.28. The van der Waals surface area contributed by atoms with Gasteiger partial charge in [-0.25, -0.2) is 4.79 Å². The summed E-state index contributed by atoms with van der Waals surface area (Å²) in [6.45, 7) is 1.99. The van der Waals surface area contributed by atoms with Gasteiger partial charge in [0.05, 0.1) is 5.69 Å². The summed E-state index contributed by atoms with van der Waals surface area (Å²) in [5, 5.41) is 9.06. The minimum absolute atomic E-state index is 0.0429. The van der Waals surface area contributed by atoms with Gasteiger partial charge in [0.15, 0.2) is 5.78 Å². The second kappa shape index (κ2) is 3.96. The zero-order chi connectivity index (χ0) is 11.7. The molecule has 1 aromatic carbocycles. The average molecular weight is 219 g/mol. The lowest BCUT2D eigenvalue weighted by Gasteiger charge is -2.27. The molecule has 0 bridgehead atoms. The number of fused-ring (bicyclic) bond motifs is 1. The fourth-order valence-corrected chi connectivity index (χ4v) is 1.99. The number of rotatable bonds is 1. The normalized spacial score (nSPS) is 14.4. The van der Waals surface area contributed by atoms with Crippen molar-refractivity contribution in [3.8, 4) is 0 Å². The summed E-state index contributed by atoms with van der Waals surface area (Å²) >= 11 is 0. The molecule has 0 fully saturated rings. The van der Waals surface area contributed by atoms with Gasteiger partial charge in [0.1, 0.15) is 0 Å². The van der Waals surface area contributed by atoms with E-state index in [1.54, 1.807) is 12.1 Å². The number of amides is 1. The van der Waals surface area contributed by atoms with Crippen LogP contribution < -0.4 is 4.90 Å². The van der Waals surface area contributed by atoms with E-state index >= 15 is 0 Å². The molecular formula is C12H13NO3. The van der Waals surface area contributed by atoms with Crippen molar-refractivity contribution in [3.63, 3.8) is 0 Å². The Kier molecular flexibility index (Phi) is 2.64. The molecule has 1 aromatic rings. The molecule has 4 nitrogen and oxygen atoms in total. The maximum atomic E-state index is 11.2. The van der Waals surface area contributed by atoms with E-state index < -0.39 is 6.09 Å². The molecule has 1 heterocycles. The summed E-state index contributed by atoms with van der Waals surface area (Å²) in [6.07, 6.45) is 0.748. The number of hydrogen-bond acceptors (Lipinski definition) is 2. The smallest absolute Gasteiger partial charge is 0.411 e. The van der Waals surface area contributed by atoms with E-state index in [0.717, 1.165) is 18.4 Å². The number of ketones is 1. The van der Waals surface area contributed by atoms with Crippen LogP contribution in [0.4, 0.5) is 10.5 Å². The lowest BCUT2D eigenvalue weighted by molar-refractivity contribution is 0.101. The largest absolute Gasteiger partial charge is 0.465 e. The maximum absolute atomic E-state index is 11.2. The summed E-state index contributed by atoms with van der Waals surface area (Å²) in [7, 11) is 0. The Bertz CT molecular complexity index is 454. The van der Waals surface area contributed by atoms with Gasteiger partial charge in [-0.3, -0.25) is 9.69 Å². The number of aryl methyl sites for hydroxylation is 1. The van der Waals surface area contributed by atoms with Crippen LogP contribution in [-0.4, -0.2) is 23.5 Å². The molecule has 0 unspecified atom stereocenters. The van der Waals surface area contributed by atoms with Gasteiger partial charge < -0.3 is 5.11 Å². The third kappa shape index (κ3) is 1.78. The van der Waals surface area contributed by atoms with Crippen LogP contribution in [0.1, 0.15) is 29.3 Å². The van der Waals surface area contributed by atoms with Crippen molar-refractivity contribution in [1.82, 2.24) is 0 Å². The summed E-state index contributed by atoms with van der Waals surface area (Å²) in [4.78, 5) is 23.6. The highest BCUT2D eigenvalue weighted by atomic mass is 16.4. The molecule has 0 atom stereocenters. The van der Waals surface area contributed by atoms with Gasteiger partial charge in [0, 0.05) is 12.1 Å². The van der Waals surface area contributed by atoms with Gasteiger partial charge in [0.2, 0.25) is 0 Å². The lowest BCUT2D eigenvalue weighted by Crippen LogP contribution is -2.34. The topological polar surface area (TPSA) is 57.6 Å². The molecule has 0 saturated carbocycles. The fraction of sp³-hybridized carbons (Fsp3) is 0.333. The van der Waals surface area contributed by atoms with Crippen molar-refractivity contribution in [3.05, 3.63) is 29.3 Å². The van der Waals surface area contributed by atoms with E-state index in [9.17, 15) is 9.59 Å². The number of Topliss-reactive ketones (excluding diaryl/α,β-unsaturated/α-hetero) is 1. The van der Waals surface area contributed by atoms with Crippen molar-refractivity contribution in [2.24, 2.45) is 0 Å². The standard InChI is InChI=1S/C12H13NO3/c1-8(14)10-5-4-9-3-2-6-13(12(15)16)11(9)7-10/h4-5,7H,2-3,6H2,1H3,(H,15,16). The van der Waals surface area contributed by atoms with Crippen molar-refractivity contribution >= 4 is 17.6 Å². The Morgan fingerprint density at radius 3 is 2.75 bits per heavy atom. The van der Waals surface area contributed by atoms with Gasteiger partial charge in [-0.1, -0.05) is 12.1 Å². The van der Waals surface area contributed by atoms with Crippen LogP contribution in [-0.2, 0) is 6.42 Å². The van der Waals surface area contributed by atoms with E-state index in [1.165, 1.54) is 11.8 Å². The first-order valence-corrected chi connectivity index (χ1v) is 5.24. The molecule has 0 aliphatic carbocycles.